The molecule has 1 aromatic carbocycles. The highest BCUT2D eigenvalue weighted by Crippen LogP contribution is 2.46. The number of halogens is 1. The van der Waals surface area contributed by atoms with Gasteiger partial charge in [-0.1, -0.05) is 35.4 Å². The highest BCUT2D eigenvalue weighted by molar-refractivity contribution is 6.32. The predicted octanol–water partition coefficient (Wildman–Crippen LogP) is 3.49. The molecule has 5 rings (SSSR count). The predicted molar refractivity (Wildman–Crippen MR) is 123 cm³/mol. The van der Waals surface area contributed by atoms with Gasteiger partial charge in [-0.25, -0.2) is 9.67 Å². The fraction of sp³-hybridized carbons (Fsp3) is 0.391. The van der Waals surface area contributed by atoms with Crippen molar-refractivity contribution in [2.75, 3.05) is 0 Å². The van der Waals surface area contributed by atoms with Crippen molar-refractivity contribution in [3.63, 3.8) is 0 Å². The number of nitrogens with one attached hydrogen (secondary N) is 1. The maximum atomic E-state index is 6.41. The fourth-order valence-electron chi connectivity index (χ4n) is 4.60. The van der Waals surface area contributed by atoms with E-state index >= 15 is 0 Å². The fourth-order valence-corrected chi connectivity index (χ4v) is 4.81. The number of ether oxygens (including phenoxy) is 1. The third-order valence-electron chi connectivity index (χ3n) is 6.26. The summed E-state index contributed by atoms with van der Waals surface area (Å²) in [6.07, 6.45) is 6.11. The minimum atomic E-state index is -0.413. The van der Waals surface area contributed by atoms with Gasteiger partial charge in [0.1, 0.15) is 5.02 Å². The molecule has 0 spiro atoms. The minimum absolute atomic E-state index is 0.0131. The number of aromatic nitrogens is 5. The van der Waals surface area contributed by atoms with Crippen molar-refractivity contribution in [1.82, 2.24) is 35.8 Å². The lowest BCUT2D eigenvalue weighted by Gasteiger charge is -2.37. The topological polar surface area (TPSA) is 90.2 Å². The van der Waals surface area contributed by atoms with Gasteiger partial charge in [0.2, 0.25) is 5.88 Å². The number of pyridine rings is 1. The summed E-state index contributed by atoms with van der Waals surface area (Å²) in [6.45, 7) is 6.02. The van der Waals surface area contributed by atoms with Gasteiger partial charge >= 0.3 is 0 Å². The molecule has 0 unspecified atom stereocenters. The Morgan fingerprint density at radius 2 is 2.18 bits per heavy atom. The van der Waals surface area contributed by atoms with Crippen LogP contribution in [0.5, 0.6) is 5.88 Å². The van der Waals surface area contributed by atoms with Crippen molar-refractivity contribution in [3.05, 3.63) is 69.8 Å². The van der Waals surface area contributed by atoms with Crippen LogP contribution in [0.3, 0.4) is 0 Å². The Balaban J connectivity index is 1.52. The molecule has 0 saturated heterocycles. The number of rotatable bonds is 6. The molecule has 9 nitrogen and oxygen atoms in total. The van der Waals surface area contributed by atoms with Crippen LogP contribution in [0.15, 0.2) is 36.7 Å². The normalized spacial score (nSPS) is 19.6. The number of hydrazine groups is 1. The van der Waals surface area contributed by atoms with Gasteiger partial charge in [-0.2, -0.15) is 0 Å². The van der Waals surface area contributed by atoms with E-state index in [0.29, 0.717) is 23.1 Å². The van der Waals surface area contributed by atoms with E-state index in [9.17, 15) is 0 Å². The Kier molecular flexibility index (Phi) is 5.46. The zero-order chi connectivity index (χ0) is 23.2. The van der Waals surface area contributed by atoms with E-state index in [-0.39, 0.29) is 6.10 Å². The smallest absolute Gasteiger partial charge is 0.232 e. The zero-order valence-electron chi connectivity index (χ0n) is 19.0. The van der Waals surface area contributed by atoms with E-state index in [1.54, 1.807) is 16.9 Å². The van der Waals surface area contributed by atoms with Crippen molar-refractivity contribution in [3.8, 4) is 5.88 Å². The molecule has 33 heavy (non-hydrogen) atoms. The number of fused-ring (bicyclic) bond motifs is 1. The molecule has 1 N–H and O–H groups in total. The Morgan fingerprint density at radius 3 is 2.91 bits per heavy atom. The maximum absolute atomic E-state index is 6.41. The van der Waals surface area contributed by atoms with Crippen LogP contribution >= 0.6 is 11.6 Å². The lowest BCUT2D eigenvalue weighted by Crippen LogP contribution is -2.48. The Morgan fingerprint density at radius 1 is 1.33 bits per heavy atom. The summed E-state index contributed by atoms with van der Waals surface area (Å²) in [7, 11) is 1.86. The molecule has 1 atom stereocenters. The lowest BCUT2D eigenvalue weighted by molar-refractivity contribution is -0.0310. The van der Waals surface area contributed by atoms with E-state index in [1.165, 1.54) is 16.7 Å². The summed E-state index contributed by atoms with van der Waals surface area (Å²) in [5.74, 6) is 1.83. The van der Waals surface area contributed by atoms with E-state index in [1.807, 2.05) is 32.1 Å². The number of aryl methyl sites for hydroxylation is 2. The van der Waals surface area contributed by atoms with Crippen LogP contribution in [-0.4, -0.2) is 36.3 Å². The first-order valence-corrected chi connectivity index (χ1v) is 11.3. The Labute approximate surface area is 197 Å². The molecule has 3 heterocycles. The van der Waals surface area contributed by atoms with Crippen molar-refractivity contribution in [2.45, 2.75) is 51.7 Å². The van der Waals surface area contributed by atoms with Crippen LogP contribution in [0.4, 0.5) is 0 Å². The molecule has 0 fully saturated rings. The number of hydrogen-bond donors (Lipinski definition) is 1. The molecule has 0 amide bonds. The molecule has 0 bridgehead atoms. The highest BCUT2D eigenvalue weighted by Gasteiger charge is 2.47. The largest absolute Gasteiger partial charge is 0.474 e. The van der Waals surface area contributed by atoms with Gasteiger partial charge in [0.15, 0.2) is 11.6 Å². The first kappa shape index (κ1) is 21.7. The Bertz CT molecular complexity index is 1230. The van der Waals surface area contributed by atoms with E-state index < -0.39 is 5.54 Å². The van der Waals surface area contributed by atoms with Gasteiger partial charge in [-0.05, 0) is 66.8 Å². The van der Waals surface area contributed by atoms with Crippen molar-refractivity contribution in [1.29, 1.82) is 0 Å². The SMILES string of the molecule is Cc1cccc2c1CC[C@]2(Cc1nnnn1C)N1C=C(c2cnc(OC(C)C)c(Cl)c2)ON1. The lowest BCUT2D eigenvalue weighted by atomic mass is 9.86. The molecule has 2 aliphatic rings. The van der Waals surface area contributed by atoms with Crippen LogP contribution in [0.25, 0.3) is 5.76 Å². The molecule has 1 aliphatic carbocycles. The quantitative estimate of drug-likeness (QED) is 0.589. The van der Waals surface area contributed by atoms with Crippen LogP contribution in [0.2, 0.25) is 5.02 Å². The summed E-state index contributed by atoms with van der Waals surface area (Å²) in [5.41, 5.74) is 7.34. The molecular formula is C23H26ClN7O2. The Hall–Kier alpha value is -3.17. The van der Waals surface area contributed by atoms with E-state index in [2.05, 4.69) is 51.2 Å². The van der Waals surface area contributed by atoms with Crippen LogP contribution in [0, 0.1) is 6.92 Å². The van der Waals surface area contributed by atoms with E-state index in [0.717, 1.165) is 24.2 Å². The third-order valence-corrected chi connectivity index (χ3v) is 6.53. The summed E-state index contributed by atoms with van der Waals surface area (Å²) in [6, 6.07) is 8.24. The first-order chi connectivity index (χ1) is 15.9. The zero-order valence-corrected chi connectivity index (χ0v) is 19.8. The molecule has 10 heteroatoms. The van der Waals surface area contributed by atoms with Gasteiger partial charge in [0.05, 0.1) is 17.8 Å². The van der Waals surface area contributed by atoms with Gasteiger partial charge < -0.3 is 9.57 Å². The number of nitrogens with zero attached hydrogens (tertiary/aromatic N) is 6. The second-order valence-electron chi connectivity index (χ2n) is 8.76. The number of benzene rings is 1. The summed E-state index contributed by atoms with van der Waals surface area (Å²) >= 11 is 6.41. The van der Waals surface area contributed by atoms with Gasteiger partial charge in [0, 0.05) is 25.2 Å². The van der Waals surface area contributed by atoms with Crippen molar-refractivity contribution in [2.24, 2.45) is 7.05 Å². The average molecular weight is 468 g/mol. The molecule has 1 aliphatic heterocycles. The summed E-state index contributed by atoms with van der Waals surface area (Å²) < 4.78 is 7.37. The van der Waals surface area contributed by atoms with Crippen molar-refractivity contribution >= 4 is 17.4 Å². The molecule has 2 aromatic heterocycles. The first-order valence-electron chi connectivity index (χ1n) is 10.9. The number of tetrazole rings is 1. The second kappa shape index (κ2) is 8.31. The second-order valence-corrected chi connectivity index (χ2v) is 9.17. The van der Waals surface area contributed by atoms with Crippen molar-refractivity contribution < 1.29 is 9.57 Å². The summed E-state index contributed by atoms with van der Waals surface area (Å²) in [5, 5.41) is 14.6. The standard InChI is InChI=1S/C23H26ClN7O2/c1-14(2)32-22-19(24)10-16(12-25-22)20-13-31(29-33-20)23(11-21-26-27-28-30(21)4)9-8-17-15(3)6-5-7-18(17)23/h5-7,10,12-14,29H,8-9,11H2,1-4H3/t23-/m1/s1. The van der Waals surface area contributed by atoms with E-state index in [4.69, 9.17) is 21.2 Å². The molecule has 0 saturated carbocycles. The maximum Gasteiger partial charge on any atom is 0.232 e. The summed E-state index contributed by atoms with van der Waals surface area (Å²) in [4.78, 5) is 10.3. The van der Waals surface area contributed by atoms with Gasteiger partial charge in [0.25, 0.3) is 0 Å². The molecule has 0 radical (unpaired) electrons. The monoisotopic (exact) mass is 467 g/mol. The molecular weight excluding hydrogens is 442 g/mol. The van der Waals surface area contributed by atoms with Gasteiger partial charge in [-0.15, -0.1) is 5.10 Å². The van der Waals surface area contributed by atoms with Crippen LogP contribution in [0.1, 0.15) is 48.3 Å². The van der Waals surface area contributed by atoms with Crippen LogP contribution < -0.4 is 10.3 Å². The molecule has 172 valence electrons. The average Bonchev–Trinajstić information content (AvgIpc) is 3.50. The molecule has 3 aromatic rings. The number of hydrogen-bond acceptors (Lipinski definition) is 8. The van der Waals surface area contributed by atoms with Gasteiger partial charge in [-0.3, -0.25) is 5.01 Å². The van der Waals surface area contributed by atoms with Crippen LogP contribution in [-0.2, 0) is 30.3 Å². The minimum Gasteiger partial charge on any atom is -0.474 e. The highest BCUT2D eigenvalue weighted by atomic mass is 35.5. The third kappa shape index (κ3) is 3.81.